The highest BCUT2D eigenvalue weighted by atomic mass is 15.0. The van der Waals surface area contributed by atoms with Crippen molar-refractivity contribution in [1.82, 2.24) is 4.90 Å². The number of nitrogens with zero attached hydrogens (tertiary/aromatic N) is 1. The smallest absolute Gasteiger partial charge is 0.00248 e. The fourth-order valence-corrected chi connectivity index (χ4v) is 2.52. The van der Waals surface area contributed by atoms with Crippen molar-refractivity contribution < 1.29 is 0 Å². The van der Waals surface area contributed by atoms with E-state index in [9.17, 15) is 0 Å². The molecule has 16 heavy (non-hydrogen) atoms. The van der Waals surface area contributed by atoms with E-state index in [-0.39, 0.29) is 0 Å². The highest BCUT2D eigenvalue weighted by Gasteiger charge is 2.42. The summed E-state index contributed by atoms with van der Waals surface area (Å²) in [6.07, 6.45) is 6.89. The molecule has 1 saturated carbocycles. The molecule has 0 unspecified atom stereocenters. The molecule has 88 valence electrons. The first-order valence-corrected chi connectivity index (χ1v) is 6.43. The second-order valence-electron chi connectivity index (χ2n) is 5.41. The van der Waals surface area contributed by atoms with Gasteiger partial charge in [-0.15, -0.1) is 0 Å². The monoisotopic (exact) mass is 217 g/mol. The molecule has 0 heterocycles. The molecule has 0 saturated heterocycles. The van der Waals surface area contributed by atoms with Crippen LogP contribution in [-0.4, -0.2) is 25.5 Å². The molecule has 0 aromatic heterocycles. The lowest BCUT2D eigenvalue weighted by Crippen LogP contribution is -2.14. The van der Waals surface area contributed by atoms with Crippen molar-refractivity contribution in [2.75, 3.05) is 20.6 Å². The molecule has 1 fully saturated rings. The largest absolute Gasteiger partial charge is 0.309 e. The van der Waals surface area contributed by atoms with Gasteiger partial charge in [0.15, 0.2) is 0 Å². The van der Waals surface area contributed by atoms with E-state index in [1.807, 2.05) is 0 Å². The van der Waals surface area contributed by atoms with Crippen molar-refractivity contribution in [2.24, 2.45) is 0 Å². The minimum atomic E-state index is 0.563. The number of hydrogen-bond acceptors (Lipinski definition) is 1. The molecule has 1 aliphatic rings. The van der Waals surface area contributed by atoms with Crippen molar-refractivity contribution in [3.05, 3.63) is 35.9 Å². The number of rotatable bonds is 6. The SMILES string of the molecule is CN(C)CCCCC1(c2ccccc2)CC1. The van der Waals surface area contributed by atoms with Gasteiger partial charge in [0.05, 0.1) is 0 Å². The fourth-order valence-electron chi connectivity index (χ4n) is 2.52. The van der Waals surface area contributed by atoms with Crippen LogP contribution < -0.4 is 0 Å². The standard InChI is InChI=1S/C15H23N/c1-16(2)13-7-6-10-15(11-12-15)14-8-4-3-5-9-14/h3-5,8-9H,6-7,10-13H2,1-2H3. The summed E-state index contributed by atoms with van der Waals surface area (Å²) in [6, 6.07) is 11.1. The summed E-state index contributed by atoms with van der Waals surface area (Å²) >= 11 is 0. The lowest BCUT2D eigenvalue weighted by molar-refractivity contribution is 0.385. The minimum Gasteiger partial charge on any atom is -0.309 e. The van der Waals surface area contributed by atoms with E-state index in [0.717, 1.165) is 0 Å². The van der Waals surface area contributed by atoms with Crippen LogP contribution in [0.1, 0.15) is 37.7 Å². The summed E-state index contributed by atoms with van der Waals surface area (Å²) in [4.78, 5) is 2.28. The second kappa shape index (κ2) is 5.01. The molecule has 0 spiro atoms. The molecule has 1 nitrogen and oxygen atoms in total. The van der Waals surface area contributed by atoms with Crippen LogP contribution in [0.25, 0.3) is 0 Å². The summed E-state index contributed by atoms with van der Waals surface area (Å²) < 4.78 is 0. The van der Waals surface area contributed by atoms with Gasteiger partial charge in [0.2, 0.25) is 0 Å². The van der Waals surface area contributed by atoms with E-state index < -0.39 is 0 Å². The molecule has 2 rings (SSSR count). The first-order chi connectivity index (χ1) is 7.73. The molecule has 0 aliphatic heterocycles. The number of unbranched alkanes of at least 4 members (excludes halogenated alkanes) is 1. The molecule has 1 aliphatic carbocycles. The lowest BCUT2D eigenvalue weighted by atomic mass is 9.90. The van der Waals surface area contributed by atoms with Gasteiger partial charge in [-0.1, -0.05) is 36.8 Å². The molecule has 0 atom stereocenters. The van der Waals surface area contributed by atoms with Crippen LogP contribution in [0.2, 0.25) is 0 Å². The van der Waals surface area contributed by atoms with Crippen LogP contribution in [0, 0.1) is 0 Å². The normalized spacial score (nSPS) is 17.7. The van der Waals surface area contributed by atoms with Crippen LogP contribution >= 0.6 is 0 Å². The van der Waals surface area contributed by atoms with Gasteiger partial charge >= 0.3 is 0 Å². The van der Waals surface area contributed by atoms with Gasteiger partial charge < -0.3 is 4.90 Å². The molecular formula is C15H23N. The highest BCUT2D eigenvalue weighted by Crippen LogP contribution is 2.51. The fraction of sp³-hybridized carbons (Fsp3) is 0.600. The van der Waals surface area contributed by atoms with E-state index >= 15 is 0 Å². The van der Waals surface area contributed by atoms with E-state index in [0.29, 0.717) is 5.41 Å². The van der Waals surface area contributed by atoms with Gasteiger partial charge in [0.25, 0.3) is 0 Å². The molecule has 0 bridgehead atoms. The Morgan fingerprint density at radius 1 is 1.06 bits per heavy atom. The number of hydrogen-bond donors (Lipinski definition) is 0. The molecule has 1 aromatic carbocycles. The third-order valence-corrected chi connectivity index (χ3v) is 3.75. The Hall–Kier alpha value is -0.820. The maximum Gasteiger partial charge on any atom is -0.00248 e. The second-order valence-corrected chi connectivity index (χ2v) is 5.41. The van der Waals surface area contributed by atoms with Crippen LogP contribution in [0.5, 0.6) is 0 Å². The van der Waals surface area contributed by atoms with E-state index in [4.69, 9.17) is 0 Å². The predicted octanol–water partition coefficient (Wildman–Crippen LogP) is 3.45. The Labute approximate surface area is 99.5 Å². The van der Waals surface area contributed by atoms with E-state index in [2.05, 4.69) is 49.3 Å². The summed E-state index contributed by atoms with van der Waals surface area (Å²) in [5.41, 5.74) is 2.13. The Morgan fingerprint density at radius 2 is 1.75 bits per heavy atom. The van der Waals surface area contributed by atoms with Gasteiger partial charge in [-0.25, -0.2) is 0 Å². The first-order valence-electron chi connectivity index (χ1n) is 6.43. The Balaban J connectivity index is 1.81. The zero-order chi connectivity index (χ0) is 11.4. The quantitative estimate of drug-likeness (QED) is 0.660. The third-order valence-electron chi connectivity index (χ3n) is 3.75. The van der Waals surface area contributed by atoms with Crippen molar-refractivity contribution in [2.45, 2.75) is 37.5 Å². The van der Waals surface area contributed by atoms with Crippen molar-refractivity contribution in [1.29, 1.82) is 0 Å². The third kappa shape index (κ3) is 2.85. The van der Waals surface area contributed by atoms with Gasteiger partial charge in [0.1, 0.15) is 0 Å². The van der Waals surface area contributed by atoms with Crippen LogP contribution in [0.15, 0.2) is 30.3 Å². The van der Waals surface area contributed by atoms with Gasteiger partial charge in [-0.2, -0.15) is 0 Å². The van der Waals surface area contributed by atoms with Gasteiger partial charge in [-0.3, -0.25) is 0 Å². The Bertz CT molecular complexity index is 311. The Kier molecular flexibility index (Phi) is 3.65. The molecule has 0 N–H and O–H groups in total. The maximum absolute atomic E-state index is 2.30. The van der Waals surface area contributed by atoms with Crippen molar-refractivity contribution in [3.63, 3.8) is 0 Å². The van der Waals surface area contributed by atoms with Crippen LogP contribution in [0.4, 0.5) is 0 Å². The van der Waals surface area contributed by atoms with E-state index in [1.165, 1.54) is 38.6 Å². The molecule has 1 heteroatoms. The van der Waals surface area contributed by atoms with Gasteiger partial charge in [0, 0.05) is 0 Å². The van der Waals surface area contributed by atoms with Crippen molar-refractivity contribution >= 4 is 0 Å². The molecule has 0 amide bonds. The van der Waals surface area contributed by atoms with Crippen LogP contribution in [0.3, 0.4) is 0 Å². The number of benzene rings is 1. The predicted molar refractivity (Wildman–Crippen MR) is 69.8 cm³/mol. The van der Waals surface area contributed by atoms with Crippen LogP contribution in [-0.2, 0) is 5.41 Å². The first kappa shape index (κ1) is 11.7. The zero-order valence-electron chi connectivity index (χ0n) is 10.6. The minimum absolute atomic E-state index is 0.563. The maximum atomic E-state index is 2.30. The average Bonchev–Trinajstić information content (AvgIpc) is 3.07. The average molecular weight is 217 g/mol. The van der Waals surface area contributed by atoms with Crippen molar-refractivity contribution in [3.8, 4) is 0 Å². The molecular weight excluding hydrogens is 194 g/mol. The highest BCUT2D eigenvalue weighted by molar-refractivity contribution is 5.30. The zero-order valence-corrected chi connectivity index (χ0v) is 10.6. The van der Waals surface area contributed by atoms with E-state index in [1.54, 1.807) is 5.56 Å². The summed E-state index contributed by atoms with van der Waals surface area (Å²) in [6.45, 7) is 1.23. The summed E-state index contributed by atoms with van der Waals surface area (Å²) in [5, 5.41) is 0. The lowest BCUT2D eigenvalue weighted by Gasteiger charge is -2.16. The summed E-state index contributed by atoms with van der Waals surface area (Å²) in [5.74, 6) is 0. The van der Waals surface area contributed by atoms with Gasteiger partial charge in [-0.05, 0) is 57.3 Å². The molecule has 0 radical (unpaired) electrons. The summed E-state index contributed by atoms with van der Waals surface area (Å²) in [7, 11) is 4.31. The topological polar surface area (TPSA) is 3.24 Å². The molecule has 1 aromatic rings. The Morgan fingerprint density at radius 3 is 2.31 bits per heavy atom.